The number of nitrogens with zero attached hydrogens (tertiary/aromatic N) is 4. The van der Waals surface area contributed by atoms with Crippen LogP contribution in [0.2, 0.25) is 0 Å². The van der Waals surface area contributed by atoms with E-state index in [0.29, 0.717) is 18.0 Å². The summed E-state index contributed by atoms with van der Waals surface area (Å²) < 4.78 is 2.04. The third kappa shape index (κ3) is 3.54. The van der Waals surface area contributed by atoms with Crippen LogP contribution >= 0.6 is 0 Å². The van der Waals surface area contributed by atoms with Gasteiger partial charge in [0.15, 0.2) is 0 Å². The molecule has 1 N–H and O–H groups in total. The average Bonchev–Trinajstić information content (AvgIpc) is 2.80. The van der Waals surface area contributed by atoms with Crippen LogP contribution < -0.4 is 5.32 Å². The second kappa shape index (κ2) is 6.48. The van der Waals surface area contributed by atoms with Crippen molar-refractivity contribution in [3.63, 3.8) is 0 Å². The molecule has 2 atom stereocenters. The molecule has 2 unspecified atom stereocenters. The van der Waals surface area contributed by atoms with Crippen molar-refractivity contribution in [2.75, 3.05) is 13.1 Å². The van der Waals surface area contributed by atoms with E-state index in [9.17, 15) is 0 Å². The molecule has 1 aromatic rings. The molecule has 0 amide bonds. The average molecular weight is 265 g/mol. The molecule has 0 aliphatic carbocycles. The largest absolute Gasteiger partial charge is 0.311 e. The maximum atomic E-state index is 4.42. The molecule has 2 heterocycles. The lowest BCUT2D eigenvalue weighted by molar-refractivity contribution is 0.111. The van der Waals surface area contributed by atoms with Gasteiger partial charge in [-0.2, -0.15) is 5.10 Å². The summed E-state index contributed by atoms with van der Waals surface area (Å²) >= 11 is 0. The fourth-order valence-corrected chi connectivity index (χ4v) is 2.61. The van der Waals surface area contributed by atoms with Gasteiger partial charge >= 0.3 is 0 Å². The van der Waals surface area contributed by atoms with E-state index < -0.39 is 0 Å². The Hall–Kier alpha value is -0.940. The zero-order valence-corrected chi connectivity index (χ0v) is 12.6. The highest BCUT2D eigenvalue weighted by atomic mass is 15.4. The molecule has 0 bridgehead atoms. The summed E-state index contributed by atoms with van der Waals surface area (Å²) in [5.41, 5.74) is 0. The number of aryl methyl sites for hydroxylation is 1. The van der Waals surface area contributed by atoms with Crippen molar-refractivity contribution in [1.82, 2.24) is 25.0 Å². The molecule has 5 nitrogen and oxygen atoms in total. The summed E-state index contributed by atoms with van der Waals surface area (Å²) in [4.78, 5) is 6.95. The number of piperazine rings is 1. The number of hydrogen-bond acceptors (Lipinski definition) is 4. The van der Waals surface area contributed by atoms with Gasteiger partial charge < -0.3 is 5.32 Å². The number of nitrogens with one attached hydrogen (secondary N) is 1. The van der Waals surface area contributed by atoms with E-state index in [0.717, 1.165) is 38.4 Å². The number of hydrogen-bond donors (Lipinski definition) is 1. The van der Waals surface area contributed by atoms with Gasteiger partial charge in [-0.15, -0.1) is 0 Å². The molecular weight excluding hydrogens is 238 g/mol. The summed E-state index contributed by atoms with van der Waals surface area (Å²) in [7, 11) is 0. The first-order valence-corrected chi connectivity index (χ1v) is 7.46. The Kier molecular flexibility index (Phi) is 4.93. The van der Waals surface area contributed by atoms with Gasteiger partial charge in [-0.25, -0.2) is 9.67 Å². The molecule has 19 heavy (non-hydrogen) atoms. The lowest BCUT2D eigenvalue weighted by Gasteiger charge is -2.40. The molecule has 1 aromatic heterocycles. The van der Waals surface area contributed by atoms with Crippen LogP contribution in [0.4, 0.5) is 0 Å². The quantitative estimate of drug-likeness (QED) is 0.876. The van der Waals surface area contributed by atoms with Gasteiger partial charge in [0.2, 0.25) is 0 Å². The minimum absolute atomic E-state index is 0.557. The smallest absolute Gasteiger partial charge is 0.141 e. The molecule has 1 aliphatic rings. The van der Waals surface area contributed by atoms with Gasteiger partial charge in [0.05, 0.1) is 6.54 Å². The molecule has 1 saturated heterocycles. The highest BCUT2D eigenvalue weighted by molar-refractivity contribution is 4.91. The van der Waals surface area contributed by atoms with Crippen LogP contribution in [0, 0.1) is 5.92 Å². The molecule has 5 heteroatoms. The van der Waals surface area contributed by atoms with Crippen LogP contribution in [0.5, 0.6) is 0 Å². The molecule has 1 aliphatic heterocycles. The Labute approximate surface area is 116 Å². The third-order valence-electron chi connectivity index (χ3n) is 4.01. The second-order valence-electron chi connectivity index (χ2n) is 5.94. The van der Waals surface area contributed by atoms with E-state index in [1.165, 1.54) is 0 Å². The van der Waals surface area contributed by atoms with E-state index in [4.69, 9.17) is 0 Å². The Morgan fingerprint density at radius 2 is 2.26 bits per heavy atom. The second-order valence-corrected chi connectivity index (χ2v) is 5.94. The maximum absolute atomic E-state index is 4.42. The number of rotatable bonds is 5. The van der Waals surface area contributed by atoms with E-state index in [1.54, 1.807) is 6.33 Å². The van der Waals surface area contributed by atoms with Crippen molar-refractivity contribution in [3.8, 4) is 0 Å². The summed E-state index contributed by atoms with van der Waals surface area (Å²) in [5, 5.41) is 7.95. The van der Waals surface area contributed by atoms with Crippen LogP contribution in [-0.4, -0.2) is 44.8 Å². The van der Waals surface area contributed by atoms with Gasteiger partial charge in [-0.1, -0.05) is 20.8 Å². The first-order valence-electron chi connectivity index (χ1n) is 7.46. The number of aromatic nitrogens is 3. The lowest BCUT2D eigenvalue weighted by Crippen LogP contribution is -2.56. The van der Waals surface area contributed by atoms with Crippen molar-refractivity contribution >= 4 is 0 Å². The van der Waals surface area contributed by atoms with E-state index in [1.807, 2.05) is 4.68 Å². The topological polar surface area (TPSA) is 46.0 Å². The fourth-order valence-electron chi connectivity index (χ4n) is 2.61. The van der Waals surface area contributed by atoms with E-state index >= 15 is 0 Å². The normalized spacial score (nSPS) is 25.1. The minimum Gasteiger partial charge on any atom is -0.311 e. The third-order valence-corrected chi connectivity index (χ3v) is 4.01. The van der Waals surface area contributed by atoms with Gasteiger partial charge in [0.25, 0.3) is 0 Å². The van der Waals surface area contributed by atoms with Gasteiger partial charge in [-0.05, 0) is 19.3 Å². The maximum Gasteiger partial charge on any atom is 0.141 e. The molecule has 0 aromatic carbocycles. The summed E-state index contributed by atoms with van der Waals surface area (Å²) in [5.74, 6) is 1.77. The van der Waals surface area contributed by atoms with Crippen molar-refractivity contribution in [1.29, 1.82) is 0 Å². The predicted molar refractivity (Wildman–Crippen MR) is 76.8 cm³/mol. The van der Waals surface area contributed by atoms with Crippen molar-refractivity contribution < 1.29 is 0 Å². The fraction of sp³-hybridized carbons (Fsp3) is 0.857. The highest BCUT2D eigenvalue weighted by Gasteiger charge is 2.27. The first kappa shape index (κ1) is 14.5. The monoisotopic (exact) mass is 265 g/mol. The van der Waals surface area contributed by atoms with Gasteiger partial charge in [0.1, 0.15) is 12.2 Å². The van der Waals surface area contributed by atoms with E-state index in [-0.39, 0.29) is 0 Å². The Balaban J connectivity index is 2.01. The standard InChI is InChI=1S/C14H27N5/c1-5-6-19-14(16-10-17-19)9-18-8-13(11(2)3)15-7-12(18)4/h10-13,15H,5-9H2,1-4H3. The predicted octanol–water partition coefficient (Wildman–Crippen LogP) is 1.51. The Morgan fingerprint density at radius 3 is 2.95 bits per heavy atom. The zero-order chi connectivity index (χ0) is 13.8. The highest BCUT2D eigenvalue weighted by Crippen LogP contribution is 2.15. The molecule has 1 fully saturated rings. The lowest BCUT2D eigenvalue weighted by atomic mass is 10.00. The van der Waals surface area contributed by atoms with Crippen LogP contribution in [0.15, 0.2) is 6.33 Å². The summed E-state index contributed by atoms with van der Waals surface area (Å²) in [6, 6.07) is 1.14. The molecule has 108 valence electrons. The zero-order valence-electron chi connectivity index (χ0n) is 12.6. The summed E-state index contributed by atoms with van der Waals surface area (Å²) in [6.07, 6.45) is 2.78. The SMILES string of the molecule is CCCn1ncnc1CN1CC(C(C)C)NCC1C. The Morgan fingerprint density at radius 1 is 1.47 bits per heavy atom. The first-order chi connectivity index (χ1) is 9.11. The molecule has 2 rings (SSSR count). The molecule has 0 spiro atoms. The van der Waals surface area contributed by atoms with Crippen LogP contribution in [0.25, 0.3) is 0 Å². The van der Waals surface area contributed by atoms with Crippen LogP contribution in [0.3, 0.4) is 0 Å². The van der Waals surface area contributed by atoms with Crippen molar-refractivity contribution in [2.24, 2.45) is 5.92 Å². The Bertz CT molecular complexity index is 387. The van der Waals surface area contributed by atoms with Crippen molar-refractivity contribution in [3.05, 3.63) is 12.2 Å². The minimum atomic E-state index is 0.557. The van der Waals surface area contributed by atoms with Crippen molar-refractivity contribution in [2.45, 2.75) is 59.3 Å². The van der Waals surface area contributed by atoms with Gasteiger partial charge in [-0.3, -0.25) is 4.90 Å². The van der Waals surface area contributed by atoms with Gasteiger partial charge in [0, 0.05) is 31.7 Å². The summed E-state index contributed by atoms with van der Waals surface area (Å²) in [6.45, 7) is 13.0. The molecule has 0 saturated carbocycles. The van der Waals surface area contributed by atoms with Crippen LogP contribution in [0.1, 0.15) is 39.9 Å². The molecule has 0 radical (unpaired) electrons. The van der Waals surface area contributed by atoms with E-state index in [2.05, 4.69) is 48.0 Å². The molecular formula is C14H27N5. The van der Waals surface area contributed by atoms with Crippen LogP contribution in [-0.2, 0) is 13.1 Å².